The van der Waals surface area contributed by atoms with E-state index in [1.54, 1.807) is 0 Å². The lowest BCUT2D eigenvalue weighted by Crippen LogP contribution is -2.53. The van der Waals surface area contributed by atoms with Gasteiger partial charge in [-0.05, 0) is 67.5 Å². The van der Waals surface area contributed by atoms with Gasteiger partial charge >= 0.3 is 29.8 Å². The number of benzene rings is 2. The molecule has 2 saturated carbocycles. The Morgan fingerprint density at radius 2 is 1.24 bits per heavy atom. The third-order valence-corrected chi connectivity index (χ3v) is 7.62. The predicted molar refractivity (Wildman–Crippen MR) is 152 cm³/mol. The van der Waals surface area contributed by atoms with Crippen LogP contribution in [0.4, 0.5) is 0 Å². The van der Waals surface area contributed by atoms with Crippen molar-refractivity contribution >= 4 is 35.8 Å². The molecule has 240 valence electrons. The molecule has 2 aromatic rings. The largest absolute Gasteiger partial charge is 0.493 e. The van der Waals surface area contributed by atoms with Crippen molar-refractivity contribution in [1.82, 2.24) is 5.32 Å². The van der Waals surface area contributed by atoms with E-state index in [9.17, 15) is 33.9 Å². The molecule has 2 fully saturated rings. The van der Waals surface area contributed by atoms with Crippen molar-refractivity contribution in [3.8, 4) is 23.0 Å². The number of esters is 4. The number of fused-ring (bicyclic) bond motifs is 2. The van der Waals surface area contributed by atoms with Crippen LogP contribution in [0.1, 0.15) is 60.2 Å². The highest BCUT2D eigenvalue weighted by atomic mass is 16.6. The molecule has 5 atom stereocenters. The lowest BCUT2D eigenvalue weighted by atomic mass is 9.95. The van der Waals surface area contributed by atoms with Crippen molar-refractivity contribution in [1.29, 1.82) is 0 Å². The minimum atomic E-state index is -2.26. The van der Waals surface area contributed by atoms with Crippen LogP contribution < -0.4 is 24.3 Å². The molecule has 45 heavy (non-hydrogen) atoms. The first kappa shape index (κ1) is 32.8. The lowest BCUT2D eigenvalue weighted by Gasteiger charge is -2.28. The zero-order valence-electron chi connectivity index (χ0n) is 25.0. The van der Waals surface area contributed by atoms with E-state index < -0.39 is 48.0 Å². The quantitative estimate of drug-likeness (QED) is 0.258. The summed E-state index contributed by atoms with van der Waals surface area (Å²) in [6.07, 6.45) is -0.808. The number of carboxylic acid groups (broad SMARTS) is 1. The average Bonchev–Trinajstić information content (AvgIpc) is 3.62. The fraction of sp³-hybridized carbons (Fsp3) is 0.419. The molecular formula is C31H33NO13. The number of aliphatic carboxylic acids is 1. The Kier molecular flexibility index (Phi) is 10.3. The second-order valence-electron chi connectivity index (χ2n) is 10.7. The van der Waals surface area contributed by atoms with Crippen molar-refractivity contribution in [2.75, 3.05) is 14.2 Å². The van der Waals surface area contributed by atoms with Crippen molar-refractivity contribution in [3.63, 3.8) is 0 Å². The van der Waals surface area contributed by atoms with Crippen LogP contribution in [0.2, 0.25) is 0 Å². The number of carbonyl (C=O) groups excluding carboxylic acids is 5. The van der Waals surface area contributed by atoms with Crippen molar-refractivity contribution in [2.45, 2.75) is 57.8 Å². The summed E-state index contributed by atoms with van der Waals surface area (Å²) >= 11 is 0. The number of carboxylic acids is 1. The second-order valence-corrected chi connectivity index (χ2v) is 10.7. The van der Waals surface area contributed by atoms with Crippen LogP contribution in [0.25, 0.3) is 0 Å². The van der Waals surface area contributed by atoms with Gasteiger partial charge in [0.25, 0.3) is 5.91 Å². The summed E-state index contributed by atoms with van der Waals surface area (Å²) in [6.45, 7) is 2.35. The highest BCUT2D eigenvalue weighted by molar-refractivity contribution is 5.97. The Hall–Kier alpha value is -5.14. The molecule has 0 radical (unpaired) electrons. The molecule has 0 heterocycles. The van der Waals surface area contributed by atoms with Gasteiger partial charge in [0.15, 0.2) is 23.0 Å². The molecule has 0 saturated heterocycles. The van der Waals surface area contributed by atoms with Crippen LogP contribution in [-0.4, -0.2) is 73.3 Å². The van der Waals surface area contributed by atoms with Gasteiger partial charge in [-0.25, -0.2) is 14.4 Å². The molecule has 0 aromatic heterocycles. The fourth-order valence-corrected chi connectivity index (χ4v) is 5.62. The number of rotatable bonds is 12. The van der Waals surface area contributed by atoms with Gasteiger partial charge in [0, 0.05) is 19.9 Å². The summed E-state index contributed by atoms with van der Waals surface area (Å²) in [5.74, 6) is -5.67. The number of methoxy groups -OCH3 is 2. The molecule has 0 spiro atoms. The highest BCUT2D eigenvalue weighted by Crippen LogP contribution is 2.44. The number of hydrogen-bond donors (Lipinski definition) is 2. The molecule has 2 aliphatic carbocycles. The van der Waals surface area contributed by atoms with E-state index in [1.165, 1.54) is 58.4 Å². The summed E-state index contributed by atoms with van der Waals surface area (Å²) in [6, 6.07) is 7.03. The fourth-order valence-electron chi connectivity index (χ4n) is 5.62. The zero-order valence-corrected chi connectivity index (χ0v) is 25.0. The minimum absolute atomic E-state index is 0.00327. The van der Waals surface area contributed by atoms with Crippen molar-refractivity contribution in [2.24, 2.45) is 11.8 Å². The van der Waals surface area contributed by atoms with Crippen LogP contribution in [-0.2, 0) is 28.7 Å². The van der Waals surface area contributed by atoms with Gasteiger partial charge in [0.2, 0.25) is 12.2 Å². The van der Waals surface area contributed by atoms with Gasteiger partial charge in [0.05, 0.1) is 25.3 Å². The zero-order chi connectivity index (χ0) is 32.8. The normalized spacial score (nSPS) is 19.4. The van der Waals surface area contributed by atoms with Gasteiger partial charge in [-0.1, -0.05) is 6.42 Å². The second kappa shape index (κ2) is 14.1. The van der Waals surface area contributed by atoms with Crippen LogP contribution in [0.15, 0.2) is 36.4 Å². The first-order valence-corrected chi connectivity index (χ1v) is 14.1. The molecule has 14 nitrogen and oxygen atoms in total. The number of ether oxygens (including phenoxy) is 6. The topological polar surface area (TPSA) is 190 Å². The molecule has 2 bridgehead atoms. The number of carbonyl (C=O) groups is 6. The van der Waals surface area contributed by atoms with E-state index in [2.05, 4.69) is 5.32 Å². The van der Waals surface area contributed by atoms with Crippen molar-refractivity contribution in [3.05, 3.63) is 47.5 Å². The first-order chi connectivity index (χ1) is 21.4. The number of amides is 1. The maximum absolute atomic E-state index is 13.6. The Bertz CT molecular complexity index is 1500. The van der Waals surface area contributed by atoms with Gasteiger partial charge in [-0.15, -0.1) is 0 Å². The summed E-state index contributed by atoms with van der Waals surface area (Å²) < 4.78 is 31.1. The third kappa shape index (κ3) is 7.88. The van der Waals surface area contributed by atoms with E-state index in [-0.39, 0.29) is 46.1 Å². The molecular weight excluding hydrogens is 594 g/mol. The minimum Gasteiger partial charge on any atom is -0.493 e. The van der Waals surface area contributed by atoms with E-state index in [4.69, 9.17) is 28.4 Å². The molecule has 0 aliphatic heterocycles. The molecule has 4 rings (SSSR count). The summed E-state index contributed by atoms with van der Waals surface area (Å²) in [5.41, 5.74) is -0.361. The van der Waals surface area contributed by atoms with E-state index in [0.29, 0.717) is 12.3 Å². The molecule has 1 amide bonds. The number of nitrogens with one attached hydrogen (secondary N) is 1. The van der Waals surface area contributed by atoms with Gasteiger partial charge < -0.3 is 38.8 Å². The highest BCUT2D eigenvalue weighted by Gasteiger charge is 2.45. The Morgan fingerprint density at radius 3 is 1.64 bits per heavy atom. The summed E-state index contributed by atoms with van der Waals surface area (Å²) in [4.78, 5) is 75.2. The molecule has 2 aromatic carbocycles. The molecule has 0 unspecified atom stereocenters. The Morgan fingerprint density at radius 1 is 0.733 bits per heavy atom. The summed E-state index contributed by atoms with van der Waals surface area (Å²) in [7, 11) is 2.54. The smallest absolute Gasteiger partial charge is 0.349 e. The predicted octanol–water partition coefficient (Wildman–Crippen LogP) is 2.69. The van der Waals surface area contributed by atoms with E-state index in [1.807, 2.05) is 0 Å². The number of hydrogen-bond acceptors (Lipinski definition) is 12. The SMILES string of the molecule is COc1cc(C(=O)O[C@H](C(=O)O)[C@H](OC(=O)c2ccc(OC(C)=O)c(OC)c2)C(=O)N[C@@H]2C[C@H]3CC[C@H]2C3)ccc1OC(C)=O. The lowest BCUT2D eigenvalue weighted by molar-refractivity contribution is -0.159. The summed E-state index contributed by atoms with van der Waals surface area (Å²) in [5, 5.41) is 12.9. The van der Waals surface area contributed by atoms with Crippen LogP contribution in [0, 0.1) is 11.8 Å². The first-order valence-electron chi connectivity index (χ1n) is 14.1. The van der Waals surface area contributed by atoms with Gasteiger partial charge in [-0.2, -0.15) is 0 Å². The van der Waals surface area contributed by atoms with Crippen molar-refractivity contribution < 1.29 is 62.3 Å². The van der Waals surface area contributed by atoms with Gasteiger partial charge in [0.1, 0.15) is 0 Å². The maximum atomic E-state index is 13.6. The van der Waals surface area contributed by atoms with Crippen LogP contribution in [0.3, 0.4) is 0 Å². The van der Waals surface area contributed by atoms with Gasteiger partial charge in [-0.3, -0.25) is 14.4 Å². The standard InChI is InChI=1S/C31H33NO13/c1-15(33)42-22-9-7-19(13-24(22)40-3)30(38)44-26(28(35)32-21-12-17-5-6-18(21)11-17)27(29(36)37)45-31(39)20-8-10-23(43-16(2)34)25(14-20)41-4/h7-10,13-14,17-18,21,26-27H,5-6,11-12H2,1-4H3,(H,32,35)(H,36,37)/t17-,18-,21+,26-,27-/m0/s1. The Labute approximate surface area is 257 Å². The monoisotopic (exact) mass is 627 g/mol. The molecule has 14 heteroatoms. The Balaban J connectivity index is 1.61. The van der Waals surface area contributed by atoms with E-state index in [0.717, 1.165) is 25.3 Å². The average molecular weight is 628 g/mol. The van der Waals surface area contributed by atoms with Crippen LogP contribution >= 0.6 is 0 Å². The van der Waals surface area contributed by atoms with E-state index >= 15 is 0 Å². The third-order valence-electron chi connectivity index (χ3n) is 7.62. The maximum Gasteiger partial charge on any atom is 0.349 e. The molecule has 2 N–H and O–H groups in total. The van der Waals surface area contributed by atoms with Crippen LogP contribution in [0.5, 0.6) is 23.0 Å². The molecule has 2 aliphatic rings.